The second-order valence-corrected chi connectivity index (χ2v) is 9.84. The van der Waals surface area contributed by atoms with Crippen LogP contribution in [0.4, 0.5) is 11.4 Å². The minimum absolute atomic E-state index is 0.0779. The van der Waals surface area contributed by atoms with Gasteiger partial charge in [0.2, 0.25) is 11.8 Å². The number of nitrogens with zero attached hydrogens (tertiary/aromatic N) is 1. The van der Waals surface area contributed by atoms with Crippen molar-refractivity contribution in [3.8, 4) is 0 Å². The molecular weight excluding hydrogens is 424 g/mol. The molecule has 5 nitrogen and oxygen atoms in total. The van der Waals surface area contributed by atoms with Gasteiger partial charge in [0, 0.05) is 11.3 Å². The van der Waals surface area contributed by atoms with Crippen LogP contribution in [0.3, 0.4) is 0 Å². The molecule has 1 saturated heterocycles. The Hall–Kier alpha value is -3.73. The Morgan fingerprint density at radius 3 is 2.21 bits per heavy atom. The van der Waals surface area contributed by atoms with E-state index in [1.807, 2.05) is 49.4 Å². The van der Waals surface area contributed by atoms with Gasteiger partial charge in [-0.1, -0.05) is 48.0 Å². The summed E-state index contributed by atoms with van der Waals surface area (Å²) in [6.07, 6.45) is 1.93. The van der Waals surface area contributed by atoms with Crippen LogP contribution in [-0.2, 0) is 9.59 Å². The van der Waals surface area contributed by atoms with E-state index >= 15 is 0 Å². The number of aryl methyl sites for hydroxylation is 1. The lowest BCUT2D eigenvalue weighted by Crippen LogP contribution is -2.33. The maximum absolute atomic E-state index is 13.5. The van der Waals surface area contributed by atoms with Gasteiger partial charge in [-0.3, -0.25) is 19.3 Å². The van der Waals surface area contributed by atoms with Crippen molar-refractivity contribution in [2.45, 2.75) is 25.7 Å². The quantitative estimate of drug-likeness (QED) is 0.557. The number of carbonyl (C=O) groups excluding carboxylic acids is 3. The molecule has 5 heteroatoms. The molecule has 0 unspecified atom stereocenters. The predicted octanol–water partition coefficient (Wildman–Crippen LogP) is 5.18. The third-order valence-electron chi connectivity index (χ3n) is 7.94. The third-order valence-corrected chi connectivity index (χ3v) is 7.94. The van der Waals surface area contributed by atoms with Crippen molar-refractivity contribution in [3.05, 3.63) is 95.6 Å². The summed E-state index contributed by atoms with van der Waals surface area (Å²) in [6.45, 7) is 1.99. The molecule has 5 atom stereocenters. The van der Waals surface area contributed by atoms with Crippen LogP contribution in [0.1, 0.15) is 40.2 Å². The smallest absolute Gasteiger partial charge is 0.255 e. The number of carbonyl (C=O) groups is 3. The maximum Gasteiger partial charge on any atom is 0.255 e. The molecule has 2 aliphatic carbocycles. The molecule has 170 valence electrons. The highest BCUT2D eigenvalue weighted by atomic mass is 16.2. The number of fused-ring (bicyclic) bond motifs is 5. The van der Waals surface area contributed by atoms with Gasteiger partial charge in [0.05, 0.1) is 17.5 Å². The molecule has 0 aromatic heterocycles. The SMILES string of the molecule is Cc1ccc(NC(=O)c2ccc(N3C(=O)[C@H]4[C@H]5C[C@@H]([C@@H]4C3=O)[C@@H](c3ccccc3)C5)cc2)cc1. The van der Waals surface area contributed by atoms with Crippen molar-refractivity contribution in [1.29, 1.82) is 0 Å². The average Bonchev–Trinajstić information content (AvgIpc) is 3.52. The molecule has 6 rings (SSSR count). The summed E-state index contributed by atoms with van der Waals surface area (Å²) in [7, 11) is 0. The zero-order chi connectivity index (χ0) is 23.4. The number of imide groups is 1. The molecule has 0 radical (unpaired) electrons. The number of rotatable bonds is 4. The van der Waals surface area contributed by atoms with Gasteiger partial charge in [-0.15, -0.1) is 0 Å². The molecular formula is C29H26N2O3. The molecule has 3 aliphatic rings. The second kappa shape index (κ2) is 7.94. The summed E-state index contributed by atoms with van der Waals surface area (Å²) in [5.74, 6) is 0.000479. The molecule has 1 heterocycles. The first-order chi connectivity index (χ1) is 16.5. The number of benzene rings is 3. The lowest BCUT2D eigenvalue weighted by atomic mass is 9.73. The summed E-state index contributed by atoms with van der Waals surface area (Å²) >= 11 is 0. The van der Waals surface area contributed by atoms with Gasteiger partial charge in [0.15, 0.2) is 0 Å². The van der Waals surface area contributed by atoms with E-state index in [0.29, 0.717) is 17.2 Å². The van der Waals surface area contributed by atoms with Crippen molar-refractivity contribution in [3.63, 3.8) is 0 Å². The first kappa shape index (κ1) is 20.8. The number of nitrogens with one attached hydrogen (secondary N) is 1. The number of anilines is 2. The highest BCUT2D eigenvalue weighted by Gasteiger charge is 2.64. The monoisotopic (exact) mass is 450 g/mol. The molecule has 3 fully saturated rings. The van der Waals surface area contributed by atoms with E-state index in [-0.39, 0.29) is 41.4 Å². The van der Waals surface area contributed by atoms with E-state index in [4.69, 9.17) is 0 Å². The summed E-state index contributed by atoms with van der Waals surface area (Å²) in [5.41, 5.74) is 4.15. The summed E-state index contributed by atoms with van der Waals surface area (Å²) in [5, 5.41) is 2.88. The normalized spacial score (nSPS) is 27.2. The number of hydrogen-bond donors (Lipinski definition) is 1. The molecule has 3 aromatic carbocycles. The number of hydrogen-bond acceptors (Lipinski definition) is 3. The third kappa shape index (κ3) is 3.26. The Balaban J connectivity index is 1.20. The van der Waals surface area contributed by atoms with Crippen LogP contribution in [0, 0.1) is 30.6 Å². The van der Waals surface area contributed by atoms with Gasteiger partial charge in [-0.2, -0.15) is 0 Å². The van der Waals surface area contributed by atoms with Crippen LogP contribution >= 0.6 is 0 Å². The molecule has 2 saturated carbocycles. The van der Waals surface area contributed by atoms with Crippen LogP contribution in [0.25, 0.3) is 0 Å². The zero-order valence-corrected chi connectivity index (χ0v) is 19.0. The van der Waals surface area contributed by atoms with Gasteiger partial charge in [-0.25, -0.2) is 0 Å². The van der Waals surface area contributed by atoms with E-state index < -0.39 is 0 Å². The lowest BCUT2D eigenvalue weighted by molar-refractivity contribution is -0.123. The van der Waals surface area contributed by atoms with Crippen molar-refractivity contribution in [1.82, 2.24) is 0 Å². The van der Waals surface area contributed by atoms with Crippen LogP contribution in [0.15, 0.2) is 78.9 Å². The summed E-state index contributed by atoms with van der Waals surface area (Å²) in [6, 6.07) is 24.7. The van der Waals surface area contributed by atoms with Crippen LogP contribution in [0.5, 0.6) is 0 Å². The molecule has 3 amide bonds. The minimum Gasteiger partial charge on any atom is -0.322 e. The molecule has 3 aromatic rings. The van der Waals surface area contributed by atoms with Crippen LogP contribution < -0.4 is 10.2 Å². The Bertz CT molecular complexity index is 1270. The van der Waals surface area contributed by atoms with Gasteiger partial charge < -0.3 is 5.32 Å². The van der Waals surface area contributed by atoms with E-state index in [1.54, 1.807) is 24.3 Å². The molecule has 1 N–H and O–H groups in total. The van der Waals surface area contributed by atoms with E-state index in [9.17, 15) is 14.4 Å². The number of amides is 3. The average molecular weight is 451 g/mol. The highest BCUT2D eigenvalue weighted by Crippen LogP contribution is 2.61. The largest absolute Gasteiger partial charge is 0.322 e. The molecule has 0 spiro atoms. The fourth-order valence-corrected chi connectivity index (χ4v) is 6.40. The van der Waals surface area contributed by atoms with E-state index in [2.05, 4.69) is 17.4 Å². The minimum atomic E-state index is -0.235. The Kier molecular flexibility index (Phi) is 4.87. The summed E-state index contributed by atoms with van der Waals surface area (Å²) in [4.78, 5) is 40.8. The van der Waals surface area contributed by atoms with E-state index in [0.717, 1.165) is 24.1 Å². The van der Waals surface area contributed by atoms with Crippen molar-refractivity contribution < 1.29 is 14.4 Å². The first-order valence-electron chi connectivity index (χ1n) is 11.9. The first-order valence-corrected chi connectivity index (χ1v) is 11.9. The Labute approximate surface area is 198 Å². The van der Waals surface area contributed by atoms with Crippen molar-refractivity contribution in [2.24, 2.45) is 23.7 Å². The van der Waals surface area contributed by atoms with Gasteiger partial charge >= 0.3 is 0 Å². The summed E-state index contributed by atoms with van der Waals surface area (Å²) < 4.78 is 0. The predicted molar refractivity (Wildman–Crippen MR) is 130 cm³/mol. The van der Waals surface area contributed by atoms with Gasteiger partial charge in [0.25, 0.3) is 5.91 Å². The molecule has 1 aliphatic heterocycles. The van der Waals surface area contributed by atoms with Crippen LogP contribution in [-0.4, -0.2) is 17.7 Å². The fraction of sp³-hybridized carbons (Fsp3) is 0.276. The maximum atomic E-state index is 13.5. The fourth-order valence-electron chi connectivity index (χ4n) is 6.40. The zero-order valence-electron chi connectivity index (χ0n) is 19.0. The van der Waals surface area contributed by atoms with Crippen molar-refractivity contribution >= 4 is 29.1 Å². The van der Waals surface area contributed by atoms with Crippen LogP contribution in [0.2, 0.25) is 0 Å². The van der Waals surface area contributed by atoms with Crippen molar-refractivity contribution in [2.75, 3.05) is 10.2 Å². The standard InChI is InChI=1S/C29H26N2O3/c1-17-7-11-21(12-8-17)30-27(32)19-9-13-22(14-10-19)31-28(33)25-20-15-23(18-5-3-2-4-6-18)24(16-20)26(25)29(31)34/h2-14,20,23-26H,15-16H2,1H3,(H,30,32)/t20-,23-,24-,25+,26+/m1/s1. The van der Waals surface area contributed by atoms with Gasteiger partial charge in [-0.05, 0) is 79.5 Å². The highest BCUT2D eigenvalue weighted by molar-refractivity contribution is 6.22. The lowest BCUT2D eigenvalue weighted by Gasteiger charge is -2.28. The van der Waals surface area contributed by atoms with Gasteiger partial charge in [0.1, 0.15) is 0 Å². The molecule has 34 heavy (non-hydrogen) atoms. The molecule has 2 bridgehead atoms. The second-order valence-electron chi connectivity index (χ2n) is 9.84. The Morgan fingerprint density at radius 1 is 0.824 bits per heavy atom. The Morgan fingerprint density at radius 2 is 1.50 bits per heavy atom. The van der Waals surface area contributed by atoms with E-state index in [1.165, 1.54) is 10.5 Å². The topological polar surface area (TPSA) is 66.5 Å².